The molecular weight excluding hydrogens is 216 g/mol. The summed E-state index contributed by atoms with van der Waals surface area (Å²) in [6.45, 7) is 1.98. The molecule has 2 aromatic rings. The molecule has 88 valence electrons. The number of nitrogens with two attached hydrogens (primary N) is 1. The number of pyridine rings is 1. The maximum atomic E-state index is 6.02. The van der Waals surface area contributed by atoms with E-state index >= 15 is 0 Å². The van der Waals surface area contributed by atoms with Crippen molar-refractivity contribution in [2.24, 2.45) is 11.7 Å². The zero-order chi connectivity index (χ0) is 11.8. The Morgan fingerprint density at radius 2 is 2.24 bits per heavy atom. The fourth-order valence-electron chi connectivity index (χ4n) is 1.83. The molecule has 1 aliphatic rings. The summed E-state index contributed by atoms with van der Waals surface area (Å²) >= 11 is 0. The first-order chi connectivity index (χ1) is 8.24. The minimum atomic E-state index is -0.0923. The molecule has 0 amide bonds. The molecule has 0 aliphatic heterocycles. The second-order valence-electron chi connectivity index (χ2n) is 4.57. The Morgan fingerprint density at radius 3 is 2.94 bits per heavy atom. The van der Waals surface area contributed by atoms with Crippen LogP contribution in [0, 0.1) is 12.8 Å². The van der Waals surface area contributed by atoms with E-state index in [0.717, 1.165) is 24.0 Å². The first-order valence-corrected chi connectivity index (χ1v) is 5.75. The summed E-state index contributed by atoms with van der Waals surface area (Å²) in [5.74, 6) is 1.62. The van der Waals surface area contributed by atoms with Crippen LogP contribution in [0.25, 0.3) is 11.5 Å². The fourth-order valence-corrected chi connectivity index (χ4v) is 1.83. The third-order valence-corrected chi connectivity index (χ3v) is 2.99. The van der Waals surface area contributed by atoms with E-state index in [-0.39, 0.29) is 6.04 Å². The molecule has 2 N–H and O–H groups in total. The molecule has 5 nitrogen and oxygen atoms in total. The molecule has 1 fully saturated rings. The molecule has 3 rings (SSSR count). The van der Waals surface area contributed by atoms with Crippen LogP contribution in [0.5, 0.6) is 0 Å². The van der Waals surface area contributed by atoms with E-state index in [0.29, 0.717) is 17.6 Å². The van der Waals surface area contributed by atoms with E-state index in [1.165, 1.54) is 0 Å². The maximum Gasteiger partial charge on any atom is 0.259 e. The molecule has 0 radical (unpaired) electrons. The Hall–Kier alpha value is -1.75. The molecule has 0 saturated heterocycles. The second-order valence-corrected chi connectivity index (χ2v) is 4.57. The van der Waals surface area contributed by atoms with Gasteiger partial charge in [-0.3, -0.25) is 4.98 Å². The van der Waals surface area contributed by atoms with Crippen LogP contribution in [0.1, 0.15) is 30.3 Å². The van der Waals surface area contributed by atoms with Gasteiger partial charge in [-0.25, -0.2) is 0 Å². The van der Waals surface area contributed by atoms with Gasteiger partial charge in [0.05, 0.1) is 11.6 Å². The number of aromatic nitrogens is 3. The highest BCUT2D eigenvalue weighted by Crippen LogP contribution is 2.38. The highest BCUT2D eigenvalue weighted by atomic mass is 16.5. The van der Waals surface area contributed by atoms with Crippen LogP contribution in [-0.4, -0.2) is 15.1 Å². The van der Waals surface area contributed by atoms with Crippen LogP contribution in [0.2, 0.25) is 0 Å². The van der Waals surface area contributed by atoms with E-state index in [4.69, 9.17) is 10.3 Å². The van der Waals surface area contributed by atoms with Crippen LogP contribution in [0.15, 0.2) is 23.0 Å². The van der Waals surface area contributed by atoms with E-state index in [2.05, 4.69) is 15.1 Å². The van der Waals surface area contributed by atoms with E-state index < -0.39 is 0 Å². The van der Waals surface area contributed by atoms with Gasteiger partial charge in [-0.05, 0) is 37.3 Å². The SMILES string of the molecule is Cc1cncc(-c2nc(C(N)C3CC3)no2)c1. The van der Waals surface area contributed by atoms with Crippen molar-refractivity contribution in [1.82, 2.24) is 15.1 Å². The highest BCUT2D eigenvalue weighted by Gasteiger charge is 2.32. The number of hydrogen-bond donors (Lipinski definition) is 1. The molecule has 1 aliphatic carbocycles. The van der Waals surface area contributed by atoms with Gasteiger partial charge in [0.1, 0.15) is 0 Å². The van der Waals surface area contributed by atoms with E-state index in [1.807, 2.05) is 13.0 Å². The molecule has 2 aromatic heterocycles. The highest BCUT2D eigenvalue weighted by molar-refractivity contribution is 5.51. The number of hydrogen-bond acceptors (Lipinski definition) is 5. The Kier molecular flexibility index (Phi) is 2.40. The summed E-state index contributed by atoms with van der Waals surface area (Å²) in [5, 5.41) is 3.94. The summed E-state index contributed by atoms with van der Waals surface area (Å²) in [7, 11) is 0. The predicted molar refractivity (Wildman–Crippen MR) is 61.9 cm³/mol. The number of nitrogens with zero attached hydrogens (tertiary/aromatic N) is 3. The average molecular weight is 230 g/mol. The van der Waals surface area contributed by atoms with Crippen molar-refractivity contribution in [1.29, 1.82) is 0 Å². The van der Waals surface area contributed by atoms with Gasteiger partial charge in [0.25, 0.3) is 5.89 Å². The Balaban J connectivity index is 1.89. The molecule has 0 bridgehead atoms. The van der Waals surface area contributed by atoms with Crippen molar-refractivity contribution in [3.05, 3.63) is 29.8 Å². The van der Waals surface area contributed by atoms with Gasteiger partial charge < -0.3 is 10.3 Å². The van der Waals surface area contributed by atoms with Crippen LogP contribution in [0.4, 0.5) is 0 Å². The Labute approximate surface area is 99.1 Å². The Morgan fingerprint density at radius 1 is 1.41 bits per heavy atom. The molecule has 2 heterocycles. The molecule has 17 heavy (non-hydrogen) atoms. The zero-order valence-corrected chi connectivity index (χ0v) is 9.63. The van der Waals surface area contributed by atoms with Crippen molar-refractivity contribution >= 4 is 0 Å². The molecule has 0 aromatic carbocycles. The molecule has 5 heteroatoms. The summed E-state index contributed by atoms with van der Waals surface area (Å²) in [6.07, 6.45) is 5.83. The lowest BCUT2D eigenvalue weighted by Gasteiger charge is -2.01. The average Bonchev–Trinajstić information content (AvgIpc) is 3.05. The van der Waals surface area contributed by atoms with Crippen LogP contribution in [-0.2, 0) is 0 Å². The zero-order valence-electron chi connectivity index (χ0n) is 9.63. The third kappa shape index (κ3) is 2.06. The van der Waals surface area contributed by atoms with Crippen LogP contribution >= 0.6 is 0 Å². The summed E-state index contributed by atoms with van der Waals surface area (Å²) in [6, 6.07) is 1.87. The summed E-state index contributed by atoms with van der Waals surface area (Å²) < 4.78 is 5.22. The molecule has 0 spiro atoms. The minimum Gasteiger partial charge on any atom is -0.334 e. The second kappa shape index (κ2) is 3.92. The first-order valence-electron chi connectivity index (χ1n) is 5.75. The lowest BCUT2D eigenvalue weighted by molar-refractivity contribution is 0.411. The maximum absolute atomic E-state index is 6.02. The molecule has 1 atom stereocenters. The largest absolute Gasteiger partial charge is 0.334 e. The van der Waals surface area contributed by atoms with Gasteiger partial charge in [0.15, 0.2) is 5.82 Å². The molecule has 1 unspecified atom stereocenters. The van der Waals surface area contributed by atoms with Gasteiger partial charge in [-0.2, -0.15) is 4.98 Å². The molecular formula is C12H14N4O. The van der Waals surface area contributed by atoms with Gasteiger partial charge >= 0.3 is 0 Å². The van der Waals surface area contributed by atoms with Crippen LogP contribution < -0.4 is 5.73 Å². The van der Waals surface area contributed by atoms with Crippen molar-refractivity contribution in [3.63, 3.8) is 0 Å². The van der Waals surface area contributed by atoms with E-state index in [1.54, 1.807) is 12.4 Å². The number of rotatable bonds is 3. The lowest BCUT2D eigenvalue weighted by Crippen LogP contribution is -2.13. The van der Waals surface area contributed by atoms with Gasteiger partial charge in [-0.1, -0.05) is 5.16 Å². The topological polar surface area (TPSA) is 77.8 Å². The smallest absolute Gasteiger partial charge is 0.259 e. The van der Waals surface area contributed by atoms with Gasteiger partial charge in [-0.15, -0.1) is 0 Å². The first kappa shape index (κ1) is 10.4. The van der Waals surface area contributed by atoms with Crippen molar-refractivity contribution in [2.45, 2.75) is 25.8 Å². The lowest BCUT2D eigenvalue weighted by atomic mass is 10.2. The third-order valence-electron chi connectivity index (χ3n) is 2.99. The van der Waals surface area contributed by atoms with Crippen molar-refractivity contribution in [3.8, 4) is 11.5 Å². The summed E-state index contributed by atoms with van der Waals surface area (Å²) in [4.78, 5) is 8.44. The monoisotopic (exact) mass is 230 g/mol. The predicted octanol–water partition coefficient (Wildman–Crippen LogP) is 1.85. The Bertz CT molecular complexity index is 533. The minimum absolute atomic E-state index is 0.0923. The van der Waals surface area contributed by atoms with Gasteiger partial charge in [0.2, 0.25) is 0 Å². The quantitative estimate of drug-likeness (QED) is 0.870. The van der Waals surface area contributed by atoms with Crippen molar-refractivity contribution < 1.29 is 4.52 Å². The van der Waals surface area contributed by atoms with Crippen LogP contribution in [0.3, 0.4) is 0 Å². The molecule has 1 saturated carbocycles. The van der Waals surface area contributed by atoms with Crippen molar-refractivity contribution in [2.75, 3.05) is 0 Å². The standard InChI is InChI=1S/C12H14N4O/c1-7-4-9(6-14-5-7)12-15-11(16-17-12)10(13)8-2-3-8/h4-6,8,10H,2-3,13H2,1H3. The van der Waals surface area contributed by atoms with E-state index in [9.17, 15) is 0 Å². The normalized spacial score (nSPS) is 17.1. The fraction of sp³-hybridized carbons (Fsp3) is 0.417. The number of aryl methyl sites for hydroxylation is 1. The summed E-state index contributed by atoms with van der Waals surface area (Å²) in [5.41, 5.74) is 7.92. The van der Waals surface area contributed by atoms with Gasteiger partial charge in [0, 0.05) is 12.4 Å².